The van der Waals surface area contributed by atoms with E-state index in [4.69, 9.17) is 4.74 Å². The minimum absolute atomic E-state index is 0.0444. The minimum Gasteiger partial charge on any atom is -0.497 e. The van der Waals surface area contributed by atoms with Crippen molar-refractivity contribution in [2.75, 3.05) is 31.6 Å². The number of carbonyl (C=O) groups is 1. The Kier molecular flexibility index (Phi) is 6.45. The molecule has 0 aliphatic carbocycles. The van der Waals surface area contributed by atoms with Gasteiger partial charge in [0.15, 0.2) is 0 Å². The Labute approximate surface area is 182 Å². The molecule has 162 valence electrons. The number of methoxy groups -OCH3 is 1. The maximum absolute atomic E-state index is 12.7. The third-order valence-electron chi connectivity index (χ3n) is 5.73. The van der Waals surface area contributed by atoms with Crippen LogP contribution in [0, 0.1) is 12.8 Å². The Morgan fingerprint density at radius 3 is 2.81 bits per heavy atom. The van der Waals surface area contributed by atoms with E-state index >= 15 is 0 Å². The standard InChI is InChI=1S/C23H28N6O2/c1-17-24-9-12-28(17)13-10-25-23(30)19-4-3-11-29(15-19)22-14-21(26-16-27-22)18-5-7-20(31-2)8-6-18/h5-9,12,14,16,19H,3-4,10-11,13,15H2,1-2H3,(H,25,30). The van der Waals surface area contributed by atoms with Gasteiger partial charge in [-0.2, -0.15) is 0 Å². The van der Waals surface area contributed by atoms with Crippen molar-refractivity contribution in [1.29, 1.82) is 0 Å². The Bertz CT molecular complexity index is 1020. The molecule has 0 radical (unpaired) electrons. The zero-order chi connectivity index (χ0) is 21.6. The summed E-state index contributed by atoms with van der Waals surface area (Å²) < 4.78 is 7.27. The van der Waals surface area contributed by atoms with E-state index < -0.39 is 0 Å². The van der Waals surface area contributed by atoms with Crippen LogP contribution < -0.4 is 15.0 Å². The number of piperidine rings is 1. The van der Waals surface area contributed by atoms with Gasteiger partial charge in [0.25, 0.3) is 0 Å². The van der Waals surface area contributed by atoms with Gasteiger partial charge < -0.3 is 19.5 Å². The zero-order valence-corrected chi connectivity index (χ0v) is 18.0. The summed E-state index contributed by atoms with van der Waals surface area (Å²) in [7, 11) is 1.65. The van der Waals surface area contributed by atoms with Gasteiger partial charge in [-0.25, -0.2) is 15.0 Å². The summed E-state index contributed by atoms with van der Waals surface area (Å²) in [4.78, 5) is 28.0. The second kappa shape index (κ2) is 9.59. The second-order valence-corrected chi connectivity index (χ2v) is 7.73. The van der Waals surface area contributed by atoms with Crippen molar-refractivity contribution in [3.8, 4) is 17.0 Å². The summed E-state index contributed by atoms with van der Waals surface area (Å²) >= 11 is 0. The van der Waals surface area contributed by atoms with Gasteiger partial charge in [0.05, 0.1) is 18.7 Å². The molecule has 1 saturated heterocycles. The van der Waals surface area contributed by atoms with E-state index in [0.29, 0.717) is 13.1 Å². The maximum atomic E-state index is 12.7. The summed E-state index contributed by atoms with van der Waals surface area (Å²) in [5.41, 5.74) is 1.86. The zero-order valence-electron chi connectivity index (χ0n) is 18.0. The van der Waals surface area contributed by atoms with Crippen molar-refractivity contribution in [3.05, 3.63) is 54.9 Å². The van der Waals surface area contributed by atoms with Gasteiger partial charge in [0, 0.05) is 50.2 Å². The van der Waals surface area contributed by atoms with Gasteiger partial charge in [-0.3, -0.25) is 4.79 Å². The number of imidazole rings is 1. The van der Waals surface area contributed by atoms with Crippen LogP contribution in [0.3, 0.4) is 0 Å². The molecule has 1 aromatic carbocycles. The van der Waals surface area contributed by atoms with Gasteiger partial charge >= 0.3 is 0 Å². The molecule has 8 heteroatoms. The van der Waals surface area contributed by atoms with E-state index in [1.54, 1.807) is 19.6 Å². The van der Waals surface area contributed by atoms with Gasteiger partial charge in [-0.05, 0) is 44.0 Å². The van der Waals surface area contributed by atoms with Crippen LogP contribution in [0.1, 0.15) is 18.7 Å². The summed E-state index contributed by atoms with van der Waals surface area (Å²) in [6.07, 6.45) is 7.15. The molecule has 1 fully saturated rings. The van der Waals surface area contributed by atoms with Crippen LogP contribution in [0.2, 0.25) is 0 Å². The topological polar surface area (TPSA) is 85.2 Å². The molecular formula is C23H28N6O2. The third kappa shape index (κ3) is 5.02. The number of hydrogen-bond donors (Lipinski definition) is 1. The maximum Gasteiger partial charge on any atom is 0.224 e. The Balaban J connectivity index is 1.37. The molecule has 3 heterocycles. The van der Waals surface area contributed by atoms with Crippen LogP contribution in [0.5, 0.6) is 5.75 Å². The fourth-order valence-electron chi connectivity index (χ4n) is 3.92. The number of nitrogens with zero attached hydrogens (tertiary/aromatic N) is 5. The number of aromatic nitrogens is 4. The number of benzene rings is 1. The molecule has 4 rings (SSSR count). The molecule has 1 amide bonds. The lowest BCUT2D eigenvalue weighted by Gasteiger charge is -2.33. The number of hydrogen-bond acceptors (Lipinski definition) is 6. The van der Waals surface area contributed by atoms with E-state index in [1.165, 1.54) is 0 Å². The molecule has 1 atom stereocenters. The second-order valence-electron chi connectivity index (χ2n) is 7.73. The largest absolute Gasteiger partial charge is 0.497 e. The lowest BCUT2D eigenvalue weighted by atomic mass is 9.97. The van der Waals surface area contributed by atoms with Gasteiger partial charge in [0.1, 0.15) is 23.7 Å². The fourth-order valence-corrected chi connectivity index (χ4v) is 3.92. The number of amides is 1. The normalized spacial score (nSPS) is 16.2. The third-order valence-corrected chi connectivity index (χ3v) is 5.73. The number of ether oxygens (including phenoxy) is 1. The van der Waals surface area contributed by atoms with Crippen LogP contribution in [0.25, 0.3) is 11.3 Å². The highest BCUT2D eigenvalue weighted by atomic mass is 16.5. The molecule has 31 heavy (non-hydrogen) atoms. The number of anilines is 1. The van der Waals surface area contributed by atoms with Crippen molar-refractivity contribution in [2.45, 2.75) is 26.3 Å². The lowest BCUT2D eigenvalue weighted by Crippen LogP contribution is -2.44. The van der Waals surface area contributed by atoms with E-state index in [1.807, 2.05) is 48.0 Å². The fraction of sp³-hybridized carbons (Fsp3) is 0.391. The average molecular weight is 421 g/mol. The molecule has 2 aromatic heterocycles. The highest BCUT2D eigenvalue weighted by molar-refractivity contribution is 5.79. The summed E-state index contributed by atoms with van der Waals surface area (Å²) in [5.74, 6) is 2.68. The molecule has 1 unspecified atom stereocenters. The highest BCUT2D eigenvalue weighted by Crippen LogP contribution is 2.26. The van der Waals surface area contributed by atoms with Crippen LogP contribution >= 0.6 is 0 Å². The molecule has 0 bridgehead atoms. The molecule has 8 nitrogen and oxygen atoms in total. The first kappa shape index (κ1) is 20.8. The van der Waals surface area contributed by atoms with E-state index in [2.05, 4.69) is 25.2 Å². The molecule has 0 saturated carbocycles. The smallest absolute Gasteiger partial charge is 0.224 e. The first-order valence-electron chi connectivity index (χ1n) is 10.6. The Hall–Kier alpha value is -3.42. The first-order valence-corrected chi connectivity index (χ1v) is 10.6. The monoisotopic (exact) mass is 420 g/mol. The van der Waals surface area contributed by atoms with Crippen LogP contribution in [-0.2, 0) is 11.3 Å². The number of aryl methyl sites for hydroxylation is 1. The molecule has 1 aliphatic rings. The number of carbonyl (C=O) groups excluding carboxylic acids is 1. The minimum atomic E-state index is -0.0444. The first-order chi connectivity index (χ1) is 15.1. The van der Waals surface area contributed by atoms with Gasteiger partial charge in [-0.15, -0.1) is 0 Å². The van der Waals surface area contributed by atoms with Crippen molar-refractivity contribution in [1.82, 2.24) is 24.8 Å². The lowest BCUT2D eigenvalue weighted by molar-refractivity contribution is -0.125. The molecule has 3 aromatic rings. The van der Waals surface area contributed by atoms with Gasteiger partial charge in [-0.1, -0.05) is 0 Å². The number of rotatable bonds is 7. The Morgan fingerprint density at radius 2 is 2.06 bits per heavy atom. The van der Waals surface area contributed by atoms with Crippen LogP contribution in [0.15, 0.2) is 49.1 Å². The summed E-state index contributed by atoms with van der Waals surface area (Å²) in [5, 5.41) is 3.08. The highest BCUT2D eigenvalue weighted by Gasteiger charge is 2.26. The Morgan fingerprint density at radius 1 is 1.23 bits per heavy atom. The van der Waals surface area contributed by atoms with Crippen molar-refractivity contribution < 1.29 is 9.53 Å². The van der Waals surface area contributed by atoms with E-state index in [9.17, 15) is 4.79 Å². The predicted molar refractivity (Wildman–Crippen MR) is 119 cm³/mol. The van der Waals surface area contributed by atoms with Crippen LogP contribution in [0.4, 0.5) is 5.82 Å². The van der Waals surface area contributed by atoms with E-state index in [-0.39, 0.29) is 11.8 Å². The quantitative estimate of drug-likeness (QED) is 0.633. The van der Waals surface area contributed by atoms with Crippen LogP contribution in [-0.4, -0.2) is 52.2 Å². The van der Waals surface area contributed by atoms with Crippen molar-refractivity contribution in [3.63, 3.8) is 0 Å². The molecule has 1 aliphatic heterocycles. The van der Waals surface area contributed by atoms with E-state index in [0.717, 1.165) is 54.6 Å². The predicted octanol–water partition coefficient (Wildman–Crippen LogP) is 2.69. The SMILES string of the molecule is COc1ccc(-c2cc(N3CCCC(C(=O)NCCn4ccnc4C)C3)ncn2)cc1. The number of nitrogens with one attached hydrogen (secondary N) is 1. The summed E-state index contributed by atoms with van der Waals surface area (Å²) in [6.45, 7) is 4.83. The van der Waals surface area contributed by atoms with Gasteiger partial charge in [0.2, 0.25) is 5.91 Å². The van der Waals surface area contributed by atoms with Crippen molar-refractivity contribution in [2.24, 2.45) is 5.92 Å². The summed E-state index contributed by atoms with van der Waals surface area (Å²) in [6, 6.07) is 9.80. The molecule has 0 spiro atoms. The molecular weight excluding hydrogens is 392 g/mol. The average Bonchev–Trinajstić information content (AvgIpc) is 3.24. The molecule has 1 N–H and O–H groups in total. The van der Waals surface area contributed by atoms with Crippen molar-refractivity contribution >= 4 is 11.7 Å².